The Kier molecular flexibility index (Phi) is 3.76. The Balaban J connectivity index is 2.14. The van der Waals surface area contributed by atoms with Gasteiger partial charge in [0.25, 0.3) is 5.69 Å². The van der Waals surface area contributed by atoms with E-state index in [9.17, 15) is 15.2 Å². The summed E-state index contributed by atoms with van der Waals surface area (Å²) < 4.78 is 0. The third-order valence-electron chi connectivity index (χ3n) is 2.91. The first-order chi connectivity index (χ1) is 8.66. The zero-order chi connectivity index (χ0) is 13.0. The second-order valence-corrected chi connectivity index (χ2v) is 4.26. The van der Waals surface area contributed by atoms with Gasteiger partial charge in [0.05, 0.1) is 11.1 Å². The second-order valence-electron chi connectivity index (χ2n) is 4.26. The average Bonchev–Trinajstić information content (AvgIpc) is 2.38. The number of rotatable bonds is 3. The normalized spacial score (nSPS) is 16.1. The summed E-state index contributed by atoms with van der Waals surface area (Å²) >= 11 is 0. The summed E-state index contributed by atoms with van der Waals surface area (Å²) in [4.78, 5) is 10.2. The topological polar surface area (TPSA) is 79.0 Å². The molecule has 1 aliphatic rings. The lowest BCUT2D eigenvalue weighted by Gasteiger charge is -2.23. The molecule has 18 heavy (non-hydrogen) atoms. The molecule has 1 aromatic carbocycles. The molecule has 0 amide bonds. The molecule has 1 fully saturated rings. The number of phenolic OH excluding ortho intramolecular Hbond substituents is 1. The van der Waals surface area contributed by atoms with E-state index in [1.165, 1.54) is 30.8 Å². The molecule has 1 aromatic rings. The number of non-ortho nitro benzene ring substituents is 1. The highest BCUT2D eigenvalue weighted by Gasteiger charge is 2.10. The molecule has 1 N–H and O–H groups in total. The van der Waals surface area contributed by atoms with Crippen LogP contribution in [0.4, 0.5) is 5.69 Å². The predicted molar refractivity (Wildman–Crippen MR) is 67.8 cm³/mol. The fourth-order valence-corrected chi connectivity index (χ4v) is 1.90. The summed E-state index contributed by atoms with van der Waals surface area (Å²) in [6, 6.07) is 3.91. The van der Waals surface area contributed by atoms with Gasteiger partial charge in [-0.1, -0.05) is 0 Å². The maximum Gasteiger partial charge on any atom is 0.270 e. The number of phenols is 1. The summed E-state index contributed by atoms with van der Waals surface area (Å²) in [5, 5.41) is 26.4. The molecular weight excluding hydrogens is 234 g/mol. The van der Waals surface area contributed by atoms with Gasteiger partial charge in [0, 0.05) is 30.8 Å². The summed E-state index contributed by atoms with van der Waals surface area (Å²) in [6.45, 7) is 1.79. The van der Waals surface area contributed by atoms with Crippen molar-refractivity contribution in [3.05, 3.63) is 33.9 Å². The number of benzene rings is 1. The van der Waals surface area contributed by atoms with Crippen LogP contribution < -0.4 is 0 Å². The van der Waals surface area contributed by atoms with Gasteiger partial charge in [-0.25, -0.2) is 0 Å². The van der Waals surface area contributed by atoms with Crippen molar-refractivity contribution in [3.63, 3.8) is 0 Å². The van der Waals surface area contributed by atoms with Crippen molar-refractivity contribution >= 4 is 11.9 Å². The highest BCUT2D eigenvalue weighted by molar-refractivity contribution is 5.84. The molecule has 0 bridgehead atoms. The summed E-state index contributed by atoms with van der Waals surface area (Å²) in [7, 11) is 0. The maximum atomic E-state index is 10.6. The molecule has 0 unspecified atom stereocenters. The summed E-state index contributed by atoms with van der Waals surface area (Å²) in [6.07, 6.45) is 4.91. The van der Waals surface area contributed by atoms with Crippen LogP contribution in [-0.4, -0.2) is 34.3 Å². The number of nitro groups is 1. The van der Waals surface area contributed by atoms with Crippen LogP contribution >= 0.6 is 0 Å². The first-order valence-corrected chi connectivity index (χ1v) is 5.93. The molecule has 0 radical (unpaired) electrons. The highest BCUT2D eigenvalue weighted by atomic mass is 16.6. The number of nitro benzene ring substituents is 1. The molecule has 6 nitrogen and oxygen atoms in total. The fraction of sp³-hybridized carbons (Fsp3) is 0.417. The molecule has 1 aliphatic heterocycles. The molecule has 2 rings (SSSR count). The Morgan fingerprint density at radius 1 is 1.33 bits per heavy atom. The van der Waals surface area contributed by atoms with Crippen molar-refractivity contribution in [1.82, 2.24) is 5.01 Å². The summed E-state index contributed by atoms with van der Waals surface area (Å²) in [5.41, 5.74) is 0.322. The molecule has 0 spiro atoms. The Morgan fingerprint density at radius 2 is 2.06 bits per heavy atom. The van der Waals surface area contributed by atoms with E-state index in [-0.39, 0.29) is 11.4 Å². The van der Waals surface area contributed by atoms with Crippen LogP contribution in [0.25, 0.3) is 0 Å². The van der Waals surface area contributed by atoms with Gasteiger partial charge < -0.3 is 5.11 Å². The largest absolute Gasteiger partial charge is 0.507 e. The standard InChI is InChI=1S/C12H15N3O3/c16-12-5-4-11(15(17)18)8-10(12)9-13-14-6-2-1-3-7-14/h4-5,8-9,16H,1-3,6-7H2/b13-9+. The average molecular weight is 249 g/mol. The minimum Gasteiger partial charge on any atom is -0.507 e. The van der Waals surface area contributed by atoms with Crippen molar-refractivity contribution in [2.45, 2.75) is 19.3 Å². The van der Waals surface area contributed by atoms with Crippen LogP contribution in [0.2, 0.25) is 0 Å². The predicted octanol–water partition coefficient (Wildman–Crippen LogP) is 2.12. The van der Waals surface area contributed by atoms with Crippen LogP contribution in [0.15, 0.2) is 23.3 Å². The van der Waals surface area contributed by atoms with Gasteiger partial charge in [0.15, 0.2) is 0 Å². The molecule has 0 atom stereocenters. The van der Waals surface area contributed by atoms with Gasteiger partial charge >= 0.3 is 0 Å². The smallest absolute Gasteiger partial charge is 0.270 e. The Hall–Kier alpha value is -2.11. The van der Waals surface area contributed by atoms with Gasteiger partial charge in [0.1, 0.15) is 5.75 Å². The zero-order valence-corrected chi connectivity index (χ0v) is 9.95. The zero-order valence-electron chi connectivity index (χ0n) is 9.95. The number of aromatic hydroxyl groups is 1. The third kappa shape index (κ3) is 2.97. The monoisotopic (exact) mass is 249 g/mol. The summed E-state index contributed by atoms with van der Waals surface area (Å²) in [5.74, 6) is 0.00126. The van der Waals surface area contributed by atoms with E-state index in [4.69, 9.17) is 0 Å². The van der Waals surface area contributed by atoms with Crippen LogP contribution in [0.1, 0.15) is 24.8 Å². The van der Waals surface area contributed by atoms with Crippen LogP contribution in [-0.2, 0) is 0 Å². The van der Waals surface area contributed by atoms with E-state index in [1.807, 2.05) is 5.01 Å². The van der Waals surface area contributed by atoms with Crippen molar-refractivity contribution in [2.75, 3.05) is 13.1 Å². The lowest BCUT2D eigenvalue weighted by molar-refractivity contribution is -0.384. The number of nitrogens with zero attached hydrogens (tertiary/aromatic N) is 3. The molecule has 0 aromatic heterocycles. The SMILES string of the molecule is O=[N+]([O-])c1ccc(O)c(/C=N/N2CCCCC2)c1. The van der Waals surface area contributed by atoms with Crippen molar-refractivity contribution in [3.8, 4) is 5.75 Å². The minimum atomic E-state index is -0.488. The van der Waals surface area contributed by atoms with E-state index >= 15 is 0 Å². The van der Waals surface area contributed by atoms with Gasteiger partial charge in [-0.15, -0.1) is 0 Å². The van der Waals surface area contributed by atoms with Crippen molar-refractivity contribution in [2.24, 2.45) is 5.10 Å². The molecule has 6 heteroatoms. The number of hydrogen-bond acceptors (Lipinski definition) is 5. The fourth-order valence-electron chi connectivity index (χ4n) is 1.90. The molecule has 96 valence electrons. The molecule has 1 heterocycles. The number of hydrazone groups is 1. The van der Waals surface area contributed by atoms with Gasteiger partial charge in [-0.05, 0) is 25.3 Å². The van der Waals surface area contributed by atoms with Gasteiger partial charge in [0.2, 0.25) is 0 Å². The molecule has 0 aliphatic carbocycles. The van der Waals surface area contributed by atoms with Gasteiger partial charge in [-0.3, -0.25) is 15.1 Å². The quantitative estimate of drug-likeness (QED) is 0.505. The Bertz CT molecular complexity index is 468. The van der Waals surface area contributed by atoms with Crippen LogP contribution in [0, 0.1) is 10.1 Å². The van der Waals surface area contributed by atoms with E-state index in [1.54, 1.807) is 0 Å². The first kappa shape index (κ1) is 12.3. The van der Waals surface area contributed by atoms with E-state index < -0.39 is 4.92 Å². The van der Waals surface area contributed by atoms with E-state index in [2.05, 4.69) is 5.10 Å². The second kappa shape index (κ2) is 5.48. The van der Waals surface area contributed by atoms with Gasteiger partial charge in [-0.2, -0.15) is 5.10 Å². The van der Waals surface area contributed by atoms with Crippen molar-refractivity contribution < 1.29 is 10.0 Å². The van der Waals surface area contributed by atoms with Crippen LogP contribution in [0.3, 0.4) is 0 Å². The molecule has 0 saturated carbocycles. The number of hydrogen-bond donors (Lipinski definition) is 1. The highest BCUT2D eigenvalue weighted by Crippen LogP contribution is 2.21. The van der Waals surface area contributed by atoms with E-state index in [0.29, 0.717) is 5.56 Å². The lowest BCUT2D eigenvalue weighted by Crippen LogP contribution is -2.24. The van der Waals surface area contributed by atoms with E-state index in [0.717, 1.165) is 25.9 Å². The van der Waals surface area contributed by atoms with Crippen LogP contribution in [0.5, 0.6) is 5.75 Å². The number of piperidine rings is 1. The minimum absolute atomic E-state index is 0.00126. The molecular formula is C12H15N3O3. The molecule has 1 saturated heterocycles. The Labute approximate surface area is 105 Å². The Morgan fingerprint density at radius 3 is 2.72 bits per heavy atom. The third-order valence-corrected chi connectivity index (χ3v) is 2.91. The lowest BCUT2D eigenvalue weighted by atomic mass is 10.2. The first-order valence-electron chi connectivity index (χ1n) is 5.93. The van der Waals surface area contributed by atoms with Crippen molar-refractivity contribution in [1.29, 1.82) is 0 Å². The maximum absolute atomic E-state index is 10.6.